The summed E-state index contributed by atoms with van der Waals surface area (Å²) in [6.45, 7) is 2.29. The van der Waals surface area contributed by atoms with Crippen LogP contribution < -0.4 is 0 Å². The predicted molar refractivity (Wildman–Crippen MR) is 80.5 cm³/mol. The molecule has 0 unspecified atom stereocenters. The Bertz CT molecular complexity index is 670. The molecule has 0 aliphatic carbocycles. The Kier molecular flexibility index (Phi) is 3.54. The second kappa shape index (κ2) is 5.68. The molecule has 22 heavy (non-hydrogen) atoms. The molecule has 1 amide bonds. The van der Waals surface area contributed by atoms with Crippen LogP contribution >= 0.6 is 0 Å². The van der Waals surface area contributed by atoms with Gasteiger partial charge in [-0.05, 0) is 37.8 Å². The normalized spacial score (nSPS) is 23.3. The maximum atomic E-state index is 12.4. The number of rotatable bonds is 2. The molecule has 2 aromatic rings. The van der Waals surface area contributed by atoms with Gasteiger partial charge in [0, 0.05) is 31.8 Å². The first kappa shape index (κ1) is 13.7. The Balaban J connectivity index is 1.44. The van der Waals surface area contributed by atoms with Crippen molar-refractivity contribution in [1.82, 2.24) is 19.5 Å². The van der Waals surface area contributed by atoms with Gasteiger partial charge in [0.2, 0.25) is 0 Å². The molecule has 0 spiro atoms. The van der Waals surface area contributed by atoms with E-state index in [9.17, 15) is 4.79 Å². The molecule has 0 saturated carbocycles. The van der Waals surface area contributed by atoms with E-state index in [0.29, 0.717) is 5.92 Å². The molecule has 4 heterocycles. The Morgan fingerprint density at radius 1 is 1.18 bits per heavy atom. The number of hydrogen-bond donors (Lipinski definition) is 0. The summed E-state index contributed by atoms with van der Waals surface area (Å²) in [6, 6.07) is 5.93. The van der Waals surface area contributed by atoms with Crippen molar-refractivity contribution in [1.29, 1.82) is 0 Å². The summed E-state index contributed by atoms with van der Waals surface area (Å²) in [4.78, 5) is 14.3. The molecule has 2 fully saturated rings. The second-order valence-corrected chi connectivity index (χ2v) is 6.09. The van der Waals surface area contributed by atoms with Crippen LogP contribution in [0, 0.1) is 0 Å². The van der Waals surface area contributed by atoms with Gasteiger partial charge in [-0.15, -0.1) is 10.2 Å². The topological polar surface area (TPSA) is 59.7 Å². The largest absolute Gasteiger partial charge is 0.368 e. The third-order valence-electron chi connectivity index (χ3n) is 4.72. The number of nitrogens with zero attached hydrogens (tertiary/aromatic N) is 4. The summed E-state index contributed by atoms with van der Waals surface area (Å²) in [5.74, 6) is 1.55. The lowest BCUT2D eigenvalue weighted by Crippen LogP contribution is -2.43. The van der Waals surface area contributed by atoms with Gasteiger partial charge in [-0.1, -0.05) is 6.07 Å². The number of ether oxygens (including phenoxy) is 1. The average molecular weight is 300 g/mol. The van der Waals surface area contributed by atoms with E-state index in [1.54, 1.807) is 0 Å². The van der Waals surface area contributed by atoms with E-state index < -0.39 is 0 Å². The zero-order valence-corrected chi connectivity index (χ0v) is 12.5. The van der Waals surface area contributed by atoms with Crippen LogP contribution in [-0.4, -0.2) is 51.2 Å². The maximum Gasteiger partial charge on any atom is 0.251 e. The fourth-order valence-corrected chi connectivity index (χ4v) is 3.47. The van der Waals surface area contributed by atoms with Gasteiger partial charge < -0.3 is 9.64 Å². The number of amides is 1. The highest BCUT2D eigenvalue weighted by Crippen LogP contribution is 2.28. The minimum atomic E-state index is -0.203. The molecule has 116 valence electrons. The van der Waals surface area contributed by atoms with Crippen molar-refractivity contribution in [3.8, 4) is 0 Å². The minimum absolute atomic E-state index is 0.169. The van der Waals surface area contributed by atoms with Crippen LogP contribution in [0.5, 0.6) is 0 Å². The number of pyridine rings is 1. The summed E-state index contributed by atoms with van der Waals surface area (Å²) >= 11 is 0. The molecule has 0 N–H and O–H groups in total. The van der Waals surface area contributed by atoms with E-state index in [1.807, 2.05) is 29.3 Å². The van der Waals surface area contributed by atoms with Crippen LogP contribution in [0.2, 0.25) is 0 Å². The summed E-state index contributed by atoms with van der Waals surface area (Å²) in [5.41, 5.74) is 0.885. The van der Waals surface area contributed by atoms with E-state index >= 15 is 0 Å². The van der Waals surface area contributed by atoms with Gasteiger partial charge in [-0.3, -0.25) is 9.20 Å². The molecule has 2 aliphatic rings. The van der Waals surface area contributed by atoms with Crippen LogP contribution in [0.3, 0.4) is 0 Å². The van der Waals surface area contributed by atoms with Gasteiger partial charge in [0.15, 0.2) is 5.65 Å². The fourth-order valence-electron chi connectivity index (χ4n) is 3.47. The first-order chi connectivity index (χ1) is 10.8. The molecule has 4 rings (SSSR count). The highest BCUT2D eigenvalue weighted by atomic mass is 16.5. The Labute approximate surface area is 129 Å². The number of aromatic nitrogens is 3. The molecule has 6 nitrogen and oxygen atoms in total. The molecule has 2 saturated heterocycles. The maximum absolute atomic E-state index is 12.4. The molecule has 2 aliphatic heterocycles. The van der Waals surface area contributed by atoms with Crippen molar-refractivity contribution in [3.05, 3.63) is 30.2 Å². The van der Waals surface area contributed by atoms with Gasteiger partial charge in [0.25, 0.3) is 5.91 Å². The molecular weight excluding hydrogens is 280 g/mol. The molecule has 0 aromatic carbocycles. The first-order valence-electron chi connectivity index (χ1n) is 8.03. The van der Waals surface area contributed by atoms with E-state index in [-0.39, 0.29) is 12.0 Å². The molecule has 6 heteroatoms. The standard InChI is InChI=1S/C16H20N4O2/c21-16(13-4-3-11-22-13)19-9-6-12(7-10-19)15-18-17-14-5-1-2-8-20(14)15/h1-2,5,8,12-13H,3-4,6-7,9-11H2/t13-/m0/s1. The SMILES string of the molecule is O=C([C@@H]1CCCO1)N1CCC(c2nnc3ccccn23)CC1. The lowest BCUT2D eigenvalue weighted by atomic mass is 9.95. The number of likely N-dealkylation sites (tertiary alicyclic amines) is 1. The summed E-state index contributed by atoms with van der Waals surface area (Å²) < 4.78 is 7.56. The summed E-state index contributed by atoms with van der Waals surface area (Å²) in [7, 11) is 0. The Hall–Kier alpha value is -1.95. The van der Waals surface area contributed by atoms with E-state index in [2.05, 4.69) is 14.6 Å². The van der Waals surface area contributed by atoms with Gasteiger partial charge in [0.1, 0.15) is 11.9 Å². The zero-order valence-electron chi connectivity index (χ0n) is 12.5. The smallest absolute Gasteiger partial charge is 0.251 e. The Morgan fingerprint density at radius 3 is 2.82 bits per heavy atom. The zero-order chi connectivity index (χ0) is 14.9. The highest BCUT2D eigenvalue weighted by molar-refractivity contribution is 5.81. The predicted octanol–water partition coefficient (Wildman–Crippen LogP) is 1.61. The van der Waals surface area contributed by atoms with Crippen LogP contribution in [0.4, 0.5) is 0 Å². The number of hydrogen-bond acceptors (Lipinski definition) is 4. The number of fused-ring (bicyclic) bond motifs is 1. The number of carbonyl (C=O) groups excluding carboxylic acids is 1. The Morgan fingerprint density at radius 2 is 2.05 bits per heavy atom. The highest BCUT2D eigenvalue weighted by Gasteiger charge is 2.32. The quantitative estimate of drug-likeness (QED) is 0.845. The van der Waals surface area contributed by atoms with Crippen molar-refractivity contribution in [2.24, 2.45) is 0 Å². The molecule has 0 bridgehead atoms. The second-order valence-electron chi connectivity index (χ2n) is 6.09. The van der Waals surface area contributed by atoms with E-state index in [4.69, 9.17) is 4.74 Å². The summed E-state index contributed by atoms with van der Waals surface area (Å²) in [5, 5.41) is 8.57. The lowest BCUT2D eigenvalue weighted by Gasteiger charge is -2.32. The molecule has 0 radical (unpaired) electrons. The molecule has 2 aromatic heterocycles. The van der Waals surface area contributed by atoms with Crippen LogP contribution in [0.1, 0.15) is 37.4 Å². The average Bonchev–Trinajstić information content (AvgIpc) is 3.24. The third kappa shape index (κ3) is 2.37. The van der Waals surface area contributed by atoms with Gasteiger partial charge in [-0.2, -0.15) is 0 Å². The van der Waals surface area contributed by atoms with E-state index in [1.165, 1.54) is 0 Å². The van der Waals surface area contributed by atoms with E-state index in [0.717, 1.165) is 56.9 Å². The van der Waals surface area contributed by atoms with Gasteiger partial charge in [0.05, 0.1) is 0 Å². The molecular formula is C16H20N4O2. The van der Waals surface area contributed by atoms with Gasteiger partial charge in [-0.25, -0.2) is 0 Å². The lowest BCUT2D eigenvalue weighted by molar-refractivity contribution is -0.142. The number of piperidine rings is 1. The van der Waals surface area contributed by atoms with Crippen molar-refractivity contribution in [2.75, 3.05) is 19.7 Å². The third-order valence-corrected chi connectivity index (χ3v) is 4.72. The monoisotopic (exact) mass is 300 g/mol. The van der Waals surface area contributed by atoms with Crippen molar-refractivity contribution >= 4 is 11.6 Å². The van der Waals surface area contributed by atoms with Crippen LogP contribution in [0.25, 0.3) is 5.65 Å². The first-order valence-corrected chi connectivity index (χ1v) is 8.03. The number of carbonyl (C=O) groups is 1. The van der Waals surface area contributed by atoms with Crippen LogP contribution in [-0.2, 0) is 9.53 Å². The summed E-state index contributed by atoms with van der Waals surface area (Å²) in [6.07, 6.45) is 5.55. The fraction of sp³-hybridized carbons (Fsp3) is 0.562. The van der Waals surface area contributed by atoms with Crippen LogP contribution in [0.15, 0.2) is 24.4 Å². The van der Waals surface area contributed by atoms with Crippen molar-refractivity contribution in [3.63, 3.8) is 0 Å². The van der Waals surface area contributed by atoms with Crippen molar-refractivity contribution in [2.45, 2.75) is 37.7 Å². The molecule has 1 atom stereocenters. The minimum Gasteiger partial charge on any atom is -0.368 e. The van der Waals surface area contributed by atoms with Crippen molar-refractivity contribution < 1.29 is 9.53 Å². The van der Waals surface area contributed by atoms with Gasteiger partial charge >= 0.3 is 0 Å².